The van der Waals surface area contributed by atoms with Gasteiger partial charge in [-0.15, -0.1) is 0 Å². The van der Waals surface area contributed by atoms with Crippen molar-refractivity contribution in [3.63, 3.8) is 0 Å². The molecule has 1 aromatic rings. The van der Waals surface area contributed by atoms with Crippen LogP contribution in [0.2, 0.25) is 0 Å². The van der Waals surface area contributed by atoms with Gasteiger partial charge in [-0.2, -0.15) is 0 Å². The first-order chi connectivity index (χ1) is 19.3. The van der Waals surface area contributed by atoms with Crippen molar-refractivity contribution >= 4 is 29.7 Å². The van der Waals surface area contributed by atoms with Crippen molar-refractivity contribution in [2.75, 3.05) is 59.4 Å². The van der Waals surface area contributed by atoms with Crippen LogP contribution in [0.3, 0.4) is 0 Å². The third kappa shape index (κ3) is 9.08. The molecule has 0 radical (unpaired) electrons. The molecule has 0 aliphatic carbocycles. The molecule has 2 heterocycles. The van der Waals surface area contributed by atoms with Crippen LogP contribution >= 0.6 is 0 Å². The molecular weight excluding hydrogens is 526 g/mol. The smallest absolute Gasteiger partial charge is 0.409 e. The third-order valence-corrected chi connectivity index (χ3v) is 6.10. The molecule has 220 valence electrons. The summed E-state index contributed by atoms with van der Waals surface area (Å²) in [4.78, 5) is 62.6. The summed E-state index contributed by atoms with van der Waals surface area (Å²) in [5, 5.41) is 4.65. The maximum atomic E-state index is 13.0. The number of ether oxygens (including phenoxy) is 5. The van der Waals surface area contributed by atoms with Crippen LogP contribution < -0.4 is 15.4 Å². The Morgan fingerprint density at radius 2 is 1.55 bits per heavy atom. The fourth-order valence-corrected chi connectivity index (χ4v) is 4.01. The van der Waals surface area contributed by atoms with Gasteiger partial charge in [-0.3, -0.25) is 29.4 Å². The fourth-order valence-electron chi connectivity index (χ4n) is 4.01. The highest BCUT2D eigenvalue weighted by Gasteiger charge is 2.46. The lowest BCUT2D eigenvalue weighted by molar-refractivity contribution is -0.136. The maximum Gasteiger partial charge on any atom is 0.412 e. The van der Waals surface area contributed by atoms with Crippen LogP contribution in [0, 0.1) is 5.92 Å². The summed E-state index contributed by atoms with van der Waals surface area (Å²) in [5.74, 6) is -2.12. The summed E-state index contributed by atoms with van der Waals surface area (Å²) in [6, 6.07) is 3.16. The van der Waals surface area contributed by atoms with Crippen molar-refractivity contribution in [1.29, 1.82) is 0 Å². The zero-order valence-electron chi connectivity index (χ0n) is 22.9. The number of nitrogens with zero attached hydrogens (tertiary/aromatic N) is 1. The molecule has 1 fully saturated rings. The Kier molecular flexibility index (Phi) is 12.5. The molecule has 1 atom stereocenters. The summed E-state index contributed by atoms with van der Waals surface area (Å²) in [7, 11) is 0. The van der Waals surface area contributed by atoms with E-state index < -0.39 is 35.8 Å². The summed E-state index contributed by atoms with van der Waals surface area (Å²) < 4.78 is 27.0. The first-order valence-corrected chi connectivity index (χ1v) is 13.4. The lowest BCUT2D eigenvalue weighted by Gasteiger charge is -2.27. The van der Waals surface area contributed by atoms with Crippen LogP contribution in [0.25, 0.3) is 0 Å². The predicted octanol–water partition coefficient (Wildman–Crippen LogP) is 1.29. The summed E-state index contributed by atoms with van der Waals surface area (Å²) in [5.41, 5.74) is -0.0907. The largest absolute Gasteiger partial charge is 0.412 e. The molecular formula is C27H37N3O10. The minimum atomic E-state index is -1.11. The molecule has 0 spiro atoms. The molecule has 2 N–H and O–H groups in total. The van der Waals surface area contributed by atoms with E-state index in [-0.39, 0.29) is 42.9 Å². The number of carbonyl (C=O) groups excluding carboxylic acids is 5. The number of benzene rings is 1. The van der Waals surface area contributed by atoms with E-state index >= 15 is 0 Å². The summed E-state index contributed by atoms with van der Waals surface area (Å²) in [6.07, 6.45) is 0.232. The van der Waals surface area contributed by atoms with Crippen LogP contribution in [0.5, 0.6) is 5.75 Å². The van der Waals surface area contributed by atoms with Gasteiger partial charge >= 0.3 is 6.09 Å². The molecule has 5 amide bonds. The third-order valence-electron chi connectivity index (χ3n) is 6.10. The monoisotopic (exact) mass is 563 g/mol. The van der Waals surface area contributed by atoms with E-state index in [1.807, 2.05) is 0 Å². The highest BCUT2D eigenvalue weighted by Crippen LogP contribution is 2.33. The quantitative estimate of drug-likeness (QED) is 0.209. The normalized spacial score (nSPS) is 16.9. The Labute approximate surface area is 232 Å². The predicted molar refractivity (Wildman–Crippen MR) is 140 cm³/mol. The van der Waals surface area contributed by atoms with Gasteiger partial charge in [0.05, 0.1) is 57.4 Å². The van der Waals surface area contributed by atoms with Gasteiger partial charge in [0.15, 0.2) is 0 Å². The van der Waals surface area contributed by atoms with Crippen molar-refractivity contribution in [3.05, 3.63) is 29.3 Å². The Balaban J connectivity index is 1.29. The van der Waals surface area contributed by atoms with Gasteiger partial charge in [-0.1, -0.05) is 19.9 Å². The zero-order valence-corrected chi connectivity index (χ0v) is 22.9. The maximum absolute atomic E-state index is 13.0. The molecule has 1 aromatic carbocycles. The number of carbonyl (C=O) groups is 5. The minimum absolute atomic E-state index is 0.00674. The van der Waals surface area contributed by atoms with E-state index in [1.165, 1.54) is 18.2 Å². The van der Waals surface area contributed by atoms with Crippen LogP contribution in [0.1, 0.15) is 53.8 Å². The Morgan fingerprint density at radius 1 is 0.925 bits per heavy atom. The van der Waals surface area contributed by atoms with Gasteiger partial charge in [0.25, 0.3) is 11.8 Å². The zero-order chi connectivity index (χ0) is 28.9. The Hall–Kier alpha value is -3.39. The van der Waals surface area contributed by atoms with Crippen LogP contribution in [-0.4, -0.2) is 100 Å². The van der Waals surface area contributed by atoms with E-state index in [0.29, 0.717) is 45.6 Å². The number of rotatable bonds is 17. The second kappa shape index (κ2) is 16.0. The Morgan fingerprint density at radius 3 is 2.17 bits per heavy atom. The number of piperidine rings is 1. The van der Waals surface area contributed by atoms with Gasteiger partial charge in [-0.25, -0.2) is 4.79 Å². The van der Waals surface area contributed by atoms with E-state index in [1.54, 1.807) is 0 Å². The average Bonchev–Trinajstić information content (AvgIpc) is 3.16. The average molecular weight is 564 g/mol. The molecule has 2 aliphatic rings. The van der Waals surface area contributed by atoms with Gasteiger partial charge in [0, 0.05) is 19.6 Å². The van der Waals surface area contributed by atoms with Gasteiger partial charge in [-0.05, 0) is 30.9 Å². The first-order valence-electron chi connectivity index (χ1n) is 13.4. The molecule has 1 saturated heterocycles. The van der Waals surface area contributed by atoms with E-state index in [0.717, 1.165) is 17.9 Å². The molecule has 0 saturated carbocycles. The van der Waals surface area contributed by atoms with Crippen molar-refractivity contribution in [2.24, 2.45) is 5.92 Å². The van der Waals surface area contributed by atoms with Crippen molar-refractivity contribution in [2.45, 2.75) is 39.2 Å². The highest BCUT2D eigenvalue weighted by molar-refractivity contribution is 6.24. The summed E-state index contributed by atoms with van der Waals surface area (Å²) >= 11 is 0. The highest BCUT2D eigenvalue weighted by atomic mass is 16.6. The van der Waals surface area contributed by atoms with Crippen LogP contribution in [0.15, 0.2) is 18.2 Å². The second-order valence-corrected chi connectivity index (χ2v) is 9.57. The van der Waals surface area contributed by atoms with Crippen molar-refractivity contribution < 1.29 is 47.7 Å². The molecule has 3 rings (SSSR count). The molecule has 40 heavy (non-hydrogen) atoms. The van der Waals surface area contributed by atoms with Crippen molar-refractivity contribution in [3.8, 4) is 5.75 Å². The standard InChI is InChI=1S/C27H37N3O10/c1-18(2)8-10-36-12-14-38-16-17-39-15-13-37-11-9-28-27(35)40-21-5-3-4-19-23(21)26(34)30(25(19)33)20-6-7-22(31)29-24(20)32/h3-5,18,20H,6-17H2,1-2H3,(H,28,35)(H,29,31,32). The molecule has 2 aliphatic heterocycles. The number of nitrogens with one attached hydrogen (secondary N) is 2. The number of hydrogen-bond donors (Lipinski definition) is 2. The lowest BCUT2D eigenvalue weighted by atomic mass is 10.0. The van der Waals surface area contributed by atoms with Gasteiger partial charge < -0.3 is 29.0 Å². The summed E-state index contributed by atoms with van der Waals surface area (Å²) in [6.45, 7) is 8.07. The number of fused-ring (bicyclic) bond motifs is 1. The van der Waals surface area contributed by atoms with E-state index in [9.17, 15) is 24.0 Å². The number of amides is 5. The molecule has 13 nitrogen and oxygen atoms in total. The van der Waals surface area contributed by atoms with Gasteiger partial charge in [0.1, 0.15) is 11.8 Å². The molecule has 1 unspecified atom stereocenters. The van der Waals surface area contributed by atoms with E-state index in [4.69, 9.17) is 23.7 Å². The SMILES string of the molecule is CC(C)CCOCCOCCOCCOCCNC(=O)Oc1cccc2c1C(=O)N(C1CCC(=O)NC1=O)C2=O. The molecule has 13 heteroatoms. The van der Waals surface area contributed by atoms with Crippen LogP contribution in [0.4, 0.5) is 4.79 Å². The number of hydrogen-bond acceptors (Lipinski definition) is 10. The molecule has 0 bridgehead atoms. The Bertz CT molecular complexity index is 1060. The molecule has 0 aromatic heterocycles. The first kappa shape index (κ1) is 31.1. The fraction of sp³-hybridized carbons (Fsp3) is 0.593. The second-order valence-electron chi connectivity index (χ2n) is 9.57. The van der Waals surface area contributed by atoms with Crippen LogP contribution in [-0.2, 0) is 28.5 Å². The minimum Gasteiger partial charge on any atom is -0.409 e. The van der Waals surface area contributed by atoms with Crippen molar-refractivity contribution in [1.82, 2.24) is 15.5 Å². The topological polar surface area (TPSA) is 159 Å². The lowest BCUT2D eigenvalue weighted by Crippen LogP contribution is -2.54. The van der Waals surface area contributed by atoms with Gasteiger partial charge in [0.2, 0.25) is 11.8 Å². The number of imide groups is 2. The van der Waals surface area contributed by atoms with E-state index in [2.05, 4.69) is 24.5 Å².